The lowest BCUT2D eigenvalue weighted by atomic mass is 10.2. The molecule has 0 atom stereocenters. The minimum atomic E-state index is 0.214. The van der Waals surface area contributed by atoms with Crippen molar-refractivity contribution in [2.45, 2.75) is 0 Å². The Bertz CT molecular complexity index is 477. The molecular weight excluding hydrogens is 252 g/mol. The van der Waals surface area contributed by atoms with E-state index in [4.69, 9.17) is 16.7 Å². The minimum absolute atomic E-state index is 0.214. The first-order chi connectivity index (χ1) is 6.27. The zero-order chi connectivity index (χ0) is 9.26. The molecular formula is C8H5BrN2OS. The number of aromatic nitrogens is 2. The Hall–Kier alpha value is -0.940. The van der Waals surface area contributed by atoms with E-state index < -0.39 is 0 Å². The van der Waals surface area contributed by atoms with Crippen molar-refractivity contribution < 1.29 is 4.52 Å². The summed E-state index contributed by atoms with van der Waals surface area (Å²) < 4.78 is 5.79. The maximum atomic E-state index is 4.83. The number of halogens is 1. The molecule has 0 radical (unpaired) electrons. The van der Waals surface area contributed by atoms with Crippen LogP contribution < -0.4 is 0 Å². The van der Waals surface area contributed by atoms with Crippen molar-refractivity contribution in [3.8, 4) is 11.4 Å². The lowest BCUT2D eigenvalue weighted by Crippen LogP contribution is -1.80. The SMILES string of the molecule is S=c1nc(-c2ccccc2Br)[nH]o1. The van der Waals surface area contributed by atoms with Crippen LogP contribution in [0.15, 0.2) is 33.3 Å². The number of rotatable bonds is 1. The van der Waals surface area contributed by atoms with Crippen molar-refractivity contribution in [2.24, 2.45) is 0 Å². The highest BCUT2D eigenvalue weighted by atomic mass is 79.9. The summed E-state index contributed by atoms with van der Waals surface area (Å²) in [5, 5.41) is 2.64. The average molecular weight is 257 g/mol. The topological polar surface area (TPSA) is 41.8 Å². The van der Waals surface area contributed by atoms with Crippen LogP contribution in [0.2, 0.25) is 0 Å². The van der Waals surface area contributed by atoms with Crippen LogP contribution in [0.4, 0.5) is 0 Å². The Morgan fingerprint density at radius 2 is 2.15 bits per heavy atom. The van der Waals surface area contributed by atoms with Gasteiger partial charge in [0, 0.05) is 10.0 Å². The summed E-state index contributed by atoms with van der Waals surface area (Å²) in [4.78, 5) is 4.22. The van der Waals surface area contributed by atoms with Crippen molar-refractivity contribution in [2.75, 3.05) is 0 Å². The summed E-state index contributed by atoms with van der Waals surface area (Å²) in [6, 6.07) is 7.71. The molecule has 0 saturated heterocycles. The fraction of sp³-hybridized carbons (Fsp3) is 0. The molecule has 0 unspecified atom stereocenters. The largest absolute Gasteiger partial charge is 0.348 e. The van der Waals surface area contributed by atoms with Gasteiger partial charge in [0.05, 0.1) is 0 Å². The molecule has 0 bridgehead atoms. The second-order valence-electron chi connectivity index (χ2n) is 2.41. The van der Waals surface area contributed by atoms with Crippen LogP contribution in [-0.4, -0.2) is 10.1 Å². The van der Waals surface area contributed by atoms with Crippen LogP contribution in [0.1, 0.15) is 0 Å². The molecule has 2 aromatic rings. The van der Waals surface area contributed by atoms with Crippen molar-refractivity contribution in [1.29, 1.82) is 0 Å². The number of benzene rings is 1. The van der Waals surface area contributed by atoms with E-state index >= 15 is 0 Å². The van der Waals surface area contributed by atoms with Gasteiger partial charge in [-0.05, 0) is 18.3 Å². The van der Waals surface area contributed by atoms with Gasteiger partial charge in [-0.2, -0.15) is 4.98 Å². The molecule has 1 heterocycles. The first kappa shape index (κ1) is 8.65. The molecule has 0 amide bonds. The number of H-pyrrole nitrogens is 1. The van der Waals surface area contributed by atoms with Crippen LogP contribution in [-0.2, 0) is 0 Å². The summed E-state index contributed by atoms with van der Waals surface area (Å²) in [5.41, 5.74) is 0.933. The van der Waals surface area contributed by atoms with Gasteiger partial charge >= 0.3 is 4.84 Å². The van der Waals surface area contributed by atoms with Crippen LogP contribution in [0.5, 0.6) is 0 Å². The van der Waals surface area contributed by atoms with Gasteiger partial charge in [-0.15, -0.1) is 0 Å². The Labute approximate surface area is 87.9 Å². The van der Waals surface area contributed by atoms with E-state index in [9.17, 15) is 0 Å². The highest BCUT2D eigenvalue weighted by molar-refractivity contribution is 9.10. The first-order valence-corrected chi connectivity index (χ1v) is 4.78. The third kappa shape index (κ3) is 1.71. The predicted octanol–water partition coefficient (Wildman–Crippen LogP) is 3.16. The lowest BCUT2D eigenvalue weighted by Gasteiger charge is -1.96. The van der Waals surface area contributed by atoms with Crippen LogP contribution in [0, 0.1) is 4.84 Å². The van der Waals surface area contributed by atoms with E-state index in [1.807, 2.05) is 24.3 Å². The van der Waals surface area contributed by atoms with Gasteiger partial charge in [-0.1, -0.05) is 34.1 Å². The Kier molecular flexibility index (Phi) is 2.28. The van der Waals surface area contributed by atoms with E-state index in [1.165, 1.54) is 0 Å². The number of aromatic amines is 1. The maximum Gasteiger partial charge on any atom is 0.314 e. The van der Waals surface area contributed by atoms with Crippen LogP contribution in [0.25, 0.3) is 11.4 Å². The summed E-state index contributed by atoms with van der Waals surface area (Å²) in [7, 11) is 0. The van der Waals surface area contributed by atoms with Gasteiger partial charge in [0.2, 0.25) is 0 Å². The molecule has 13 heavy (non-hydrogen) atoms. The summed E-state index contributed by atoms with van der Waals surface area (Å²) >= 11 is 8.16. The van der Waals surface area contributed by atoms with Gasteiger partial charge in [0.1, 0.15) is 0 Å². The highest BCUT2D eigenvalue weighted by Gasteiger charge is 2.05. The molecule has 1 aromatic carbocycles. The Balaban J connectivity index is 2.58. The predicted molar refractivity (Wildman–Crippen MR) is 54.8 cm³/mol. The van der Waals surface area contributed by atoms with Crippen LogP contribution >= 0.6 is 28.1 Å². The second-order valence-corrected chi connectivity index (χ2v) is 3.61. The summed E-state index contributed by atoms with van der Waals surface area (Å²) in [6.45, 7) is 0. The van der Waals surface area contributed by atoms with Gasteiger partial charge < -0.3 is 4.52 Å². The summed E-state index contributed by atoms with van der Waals surface area (Å²) in [5.74, 6) is 0.637. The molecule has 0 aliphatic rings. The zero-order valence-electron chi connectivity index (χ0n) is 6.45. The summed E-state index contributed by atoms with van der Waals surface area (Å²) in [6.07, 6.45) is 0. The molecule has 0 spiro atoms. The molecule has 1 N–H and O–H groups in total. The van der Waals surface area contributed by atoms with Crippen molar-refractivity contribution in [1.82, 2.24) is 10.1 Å². The normalized spacial score (nSPS) is 10.2. The Morgan fingerprint density at radius 3 is 2.77 bits per heavy atom. The molecule has 0 aliphatic heterocycles. The standard InChI is InChI=1S/C8H5BrN2OS/c9-6-4-2-1-3-5(6)7-10-8(13)12-11-7/h1-4H,(H,10,11,13). The van der Waals surface area contributed by atoms with Gasteiger partial charge in [0.25, 0.3) is 0 Å². The molecule has 5 heteroatoms. The van der Waals surface area contributed by atoms with Crippen molar-refractivity contribution in [3.63, 3.8) is 0 Å². The fourth-order valence-electron chi connectivity index (χ4n) is 0.997. The third-order valence-electron chi connectivity index (χ3n) is 1.57. The lowest BCUT2D eigenvalue weighted by molar-refractivity contribution is 0.406. The van der Waals surface area contributed by atoms with Crippen LogP contribution in [0.3, 0.4) is 0 Å². The number of hydrogen-bond donors (Lipinski definition) is 1. The minimum Gasteiger partial charge on any atom is -0.348 e. The fourth-order valence-corrected chi connectivity index (χ4v) is 1.60. The number of nitrogens with zero attached hydrogens (tertiary/aromatic N) is 1. The van der Waals surface area contributed by atoms with Crippen molar-refractivity contribution >= 4 is 28.1 Å². The zero-order valence-corrected chi connectivity index (χ0v) is 8.85. The average Bonchev–Trinajstić information content (AvgIpc) is 2.53. The molecule has 66 valence electrons. The number of hydrogen-bond acceptors (Lipinski definition) is 3. The Morgan fingerprint density at radius 1 is 1.38 bits per heavy atom. The van der Waals surface area contributed by atoms with Crippen molar-refractivity contribution in [3.05, 3.63) is 33.6 Å². The molecule has 0 saturated carbocycles. The van der Waals surface area contributed by atoms with E-state index in [2.05, 4.69) is 26.1 Å². The molecule has 2 rings (SSSR count). The van der Waals surface area contributed by atoms with E-state index in [0.717, 1.165) is 10.0 Å². The van der Waals surface area contributed by atoms with E-state index in [1.54, 1.807) is 0 Å². The maximum absolute atomic E-state index is 4.83. The smallest absolute Gasteiger partial charge is 0.314 e. The molecule has 0 fully saturated rings. The van der Waals surface area contributed by atoms with Gasteiger partial charge in [0.15, 0.2) is 5.82 Å². The first-order valence-electron chi connectivity index (χ1n) is 3.58. The molecule has 0 aliphatic carbocycles. The van der Waals surface area contributed by atoms with E-state index in [0.29, 0.717) is 5.82 Å². The monoisotopic (exact) mass is 256 g/mol. The van der Waals surface area contributed by atoms with Gasteiger partial charge in [-0.25, -0.2) is 5.16 Å². The molecule has 3 nitrogen and oxygen atoms in total. The van der Waals surface area contributed by atoms with E-state index in [-0.39, 0.29) is 4.84 Å². The number of nitrogens with one attached hydrogen (secondary N) is 1. The quantitative estimate of drug-likeness (QED) is 0.798. The second kappa shape index (κ2) is 3.43. The molecule has 1 aromatic heterocycles. The highest BCUT2D eigenvalue weighted by Crippen LogP contribution is 2.24. The van der Waals surface area contributed by atoms with Gasteiger partial charge in [-0.3, -0.25) is 0 Å². The third-order valence-corrected chi connectivity index (χ3v) is 2.43.